The first kappa shape index (κ1) is 16.1. The third-order valence-electron chi connectivity index (χ3n) is 3.57. The fourth-order valence-electron chi connectivity index (χ4n) is 2.68. The summed E-state index contributed by atoms with van der Waals surface area (Å²) in [6, 6.07) is 27.2. The van der Waals surface area contributed by atoms with Gasteiger partial charge in [0.15, 0.2) is 0 Å². The molecule has 120 valence electrons. The molecule has 3 aromatic rings. The number of nitrogens with one attached hydrogen (secondary N) is 1. The third-order valence-corrected chi connectivity index (χ3v) is 3.57. The van der Waals surface area contributed by atoms with Crippen LogP contribution in [0.5, 0.6) is 0 Å². The summed E-state index contributed by atoms with van der Waals surface area (Å²) in [4.78, 5) is 2.29. The van der Waals surface area contributed by atoms with Gasteiger partial charge in [-0.25, -0.2) is 0 Å². The summed E-state index contributed by atoms with van der Waals surface area (Å²) in [5, 5.41) is 25.0. The highest BCUT2D eigenvalue weighted by molar-refractivity contribution is 6.30. The molecule has 0 saturated carbocycles. The predicted molar refractivity (Wildman–Crippen MR) is 96.8 cm³/mol. The van der Waals surface area contributed by atoms with Crippen molar-refractivity contribution in [1.29, 1.82) is 0 Å². The van der Waals surface area contributed by atoms with Crippen molar-refractivity contribution in [2.45, 2.75) is 0 Å². The van der Waals surface area contributed by atoms with Crippen LogP contribution in [0.2, 0.25) is 0 Å². The average Bonchev–Trinajstić information content (AvgIpc) is 2.60. The van der Waals surface area contributed by atoms with Gasteiger partial charge in [-0.05, 0) is 36.4 Å². The lowest BCUT2D eigenvalue weighted by Gasteiger charge is -2.33. The maximum Gasteiger partial charge on any atom is 0.631 e. The normalized spacial score (nSPS) is 11.4. The SMILES string of the molecule is OB(O)O.c1ccc(N2c3ccccc3Nc3ccccc32)cc1. The molecule has 0 atom stereocenters. The summed E-state index contributed by atoms with van der Waals surface area (Å²) >= 11 is 0. The Kier molecular flexibility index (Phi) is 4.81. The Morgan fingerprint density at radius 1 is 0.625 bits per heavy atom. The molecule has 5 nitrogen and oxygen atoms in total. The van der Waals surface area contributed by atoms with Crippen LogP contribution in [0.15, 0.2) is 78.9 Å². The zero-order valence-corrected chi connectivity index (χ0v) is 12.9. The molecule has 0 bridgehead atoms. The van der Waals surface area contributed by atoms with Gasteiger partial charge in [0, 0.05) is 5.69 Å². The van der Waals surface area contributed by atoms with Crippen LogP contribution in [-0.4, -0.2) is 22.4 Å². The monoisotopic (exact) mass is 320 g/mol. The number of nitrogens with zero attached hydrogens (tertiary/aromatic N) is 1. The number of benzene rings is 3. The van der Waals surface area contributed by atoms with Gasteiger partial charge in [-0.2, -0.15) is 0 Å². The van der Waals surface area contributed by atoms with Crippen molar-refractivity contribution in [2.24, 2.45) is 0 Å². The van der Waals surface area contributed by atoms with Crippen LogP contribution in [0.3, 0.4) is 0 Å². The molecule has 0 amide bonds. The minimum absolute atomic E-state index is 1.13. The van der Waals surface area contributed by atoms with E-state index in [2.05, 4.69) is 83.0 Å². The lowest BCUT2D eigenvalue weighted by Crippen LogP contribution is -2.17. The summed E-state index contributed by atoms with van der Waals surface area (Å²) in [5.41, 5.74) is 5.80. The topological polar surface area (TPSA) is 76.0 Å². The molecule has 1 aliphatic heterocycles. The van der Waals surface area contributed by atoms with Gasteiger partial charge in [-0.15, -0.1) is 0 Å². The Labute approximate surface area is 140 Å². The Bertz CT molecular complexity index is 764. The third kappa shape index (κ3) is 3.41. The van der Waals surface area contributed by atoms with E-state index in [4.69, 9.17) is 15.1 Å². The molecule has 6 heteroatoms. The molecular weight excluding hydrogens is 303 g/mol. The van der Waals surface area contributed by atoms with E-state index in [9.17, 15) is 0 Å². The highest BCUT2D eigenvalue weighted by atomic mass is 16.5. The van der Waals surface area contributed by atoms with Gasteiger partial charge in [0.25, 0.3) is 0 Å². The number of hydrogen-bond acceptors (Lipinski definition) is 5. The Morgan fingerprint density at radius 3 is 1.54 bits per heavy atom. The van der Waals surface area contributed by atoms with Crippen LogP contribution in [0.25, 0.3) is 0 Å². The number of para-hydroxylation sites is 5. The molecule has 4 N–H and O–H groups in total. The molecule has 1 heterocycles. The lowest BCUT2D eigenvalue weighted by molar-refractivity contribution is 0.278. The first-order valence-electron chi connectivity index (χ1n) is 7.51. The fourth-order valence-corrected chi connectivity index (χ4v) is 2.68. The van der Waals surface area contributed by atoms with Crippen molar-refractivity contribution in [3.63, 3.8) is 0 Å². The Hall–Kier alpha value is -2.80. The largest absolute Gasteiger partial charge is 0.631 e. The molecule has 0 saturated heterocycles. The van der Waals surface area contributed by atoms with Gasteiger partial charge < -0.3 is 25.3 Å². The highest BCUT2D eigenvalue weighted by Gasteiger charge is 2.22. The van der Waals surface area contributed by atoms with Crippen LogP contribution < -0.4 is 10.2 Å². The molecule has 4 rings (SSSR count). The second-order valence-corrected chi connectivity index (χ2v) is 5.18. The van der Waals surface area contributed by atoms with Crippen molar-refractivity contribution >= 4 is 35.8 Å². The molecule has 1 aliphatic rings. The summed E-state index contributed by atoms with van der Waals surface area (Å²) in [6.07, 6.45) is 0. The van der Waals surface area contributed by atoms with E-state index in [0.29, 0.717) is 0 Å². The van der Waals surface area contributed by atoms with Crippen molar-refractivity contribution < 1.29 is 15.1 Å². The van der Waals surface area contributed by atoms with Crippen LogP contribution in [-0.2, 0) is 0 Å². The van der Waals surface area contributed by atoms with Crippen molar-refractivity contribution in [2.75, 3.05) is 10.2 Å². The number of rotatable bonds is 1. The summed E-state index contributed by atoms with van der Waals surface area (Å²) in [7, 11) is -2.17. The summed E-state index contributed by atoms with van der Waals surface area (Å²) in [5.74, 6) is 0. The first-order chi connectivity index (χ1) is 11.7. The van der Waals surface area contributed by atoms with E-state index in [-0.39, 0.29) is 0 Å². The minimum Gasteiger partial charge on any atom is -0.402 e. The molecular formula is C18H17BN2O3. The quantitative estimate of drug-likeness (QED) is 0.405. The van der Waals surface area contributed by atoms with Gasteiger partial charge in [0.05, 0.1) is 22.7 Å². The highest BCUT2D eigenvalue weighted by Crippen LogP contribution is 2.47. The lowest BCUT2D eigenvalue weighted by atomic mass is 10.1. The second-order valence-electron chi connectivity index (χ2n) is 5.18. The van der Waals surface area contributed by atoms with Gasteiger partial charge in [0.2, 0.25) is 0 Å². The Morgan fingerprint density at radius 2 is 1.04 bits per heavy atom. The molecule has 0 fully saturated rings. The summed E-state index contributed by atoms with van der Waals surface area (Å²) in [6.45, 7) is 0. The zero-order chi connectivity index (χ0) is 16.9. The number of fused-ring (bicyclic) bond motifs is 2. The first-order valence-corrected chi connectivity index (χ1v) is 7.51. The van der Waals surface area contributed by atoms with Gasteiger partial charge in [-0.1, -0.05) is 42.5 Å². The molecule has 24 heavy (non-hydrogen) atoms. The van der Waals surface area contributed by atoms with Crippen molar-refractivity contribution in [3.05, 3.63) is 78.9 Å². The van der Waals surface area contributed by atoms with Crippen molar-refractivity contribution in [3.8, 4) is 0 Å². The molecule has 0 unspecified atom stereocenters. The van der Waals surface area contributed by atoms with Gasteiger partial charge in [0.1, 0.15) is 0 Å². The molecule has 0 spiro atoms. The van der Waals surface area contributed by atoms with E-state index in [1.54, 1.807) is 0 Å². The van der Waals surface area contributed by atoms with Crippen LogP contribution in [0.4, 0.5) is 28.4 Å². The maximum atomic E-state index is 7.17. The number of hydrogen-bond donors (Lipinski definition) is 4. The van der Waals surface area contributed by atoms with Gasteiger partial charge >= 0.3 is 7.32 Å². The number of anilines is 5. The molecule has 0 radical (unpaired) electrons. The zero-order valence-electron chi connectivity index (χ0n) is 12.9. The summed E-state index contributed by atoms with van der Waals surface area (Å²) < 4.78 is 0. The standard InChI is InChI=1S/C18H14N2.BH3O3/c1-2-8-14(9-3-1)20-17-12-6-4-10-15(17)19-16-11-5-7-13-18(16)20;2-1(3)4/h1-13,19H;2-4H. The molecule has 0 aromatic heterocycles. The average molecular weight is 320 g/mol. The van der Waals surface area contributed by atoms with Crippen molar-refractivity contribution in [1.82, 2.24) is 0 Å². The van der Waals surface area contributed by atoms with E-state index in [1.165, 1.54) is 17.1 Å². The maximum absolute atomic E-state index is 7.17. The van der Waals surface area contributed by atoms with Crippen LogP contribution in [0, 0.1) is 0 Å². The fraction of sp³-hybridized carbons (Fsp3) is 0. The second kappa shape index (κ2) is 7.19. The van der Waals surface area contributed by atoms with E-state index in [0.717, 1.165) is 11.4 Å². The smallest absolute Gasteiger partial charge is 0.402 e. The molecule has 0 aliphatic carbocycles. The predicted octanol–water partition coefficient (Wildman–Crippen LogP) is 3.16. The van der Waals surface area contributed by atoms with E-state index < -0.39 is 7.32 Å². The van der Waals surface area contributed by atoms with Crippen LogP contribution in [0.1, 0.15) is 0 Å². The van der Waals surface area contributed by atoms with E-state index in [1.807, 2.05) is 6.07 Å². The minimum atomic E-state index is -2.17. The Balaban J connectivity index is 0.000000383. The molecule has 3 aromatic carbocycles. The van der Waals surface area contributed by atoms with Crippen LogP contribution >= 0.6 is 0 Å². The van der Waals surface area contributed by atoms with E-state index >= 15 is 0 Å². The van der Waals surface area contributed by atoms with Gasteiger partial charge in [-0.3, -0.25) is 0 Å².